The van der Waals surface area contributed by atoms with Crippen molar-refractivity contribution in [1.29, 1.82) is 0 Å². The number of benzene rings is 1. The van der Waals surface area contributed by atoms with Gasteiger partial charge in [-0.05, 0) is 35.9 Å². The fraction of sp³-hybridized carbons (Fsp3) is 0.100. The van der Waals surface area contributed by atoms with Crippen molar-refractivity contribution in [2.45, 2.75) is 4.90 Å². The predicted molar refractivity (Wildman–Crippen MR) is 56.3 cm³/mol. The maximum absolute atomic E-state index is 11.3. The number of aromatic amines is 1. The molecule has 13 heavy (non-hydrogen) atoms. The maximum Gasteiger partial charge on any atom is 0.255 e. The van der Waals surface area contributed by atoms with Crippen LogP contribution < -0.4 is 5.56 Å². The summed E-state index contributed by atoms with van der Waals surface area (Å²) in [6.07, 6.45) is 3.70. The Balaban J connectivity index is 2.80. The molecule has 1 aromatic heterocycles. The Bertz CT molecular complexity index is 489. The van der Waals surface area contributed by atoms with Gasteiger partial charge in [0.25, 0.3) is 5.56 Å². The normalized spacial score (nSPS) is 10.5. The highest BCUT2D eigenvalue weighted by molar-refractivity contribution is 7.98. The number of hydrogen-bond donors (Lipinski definition) is 1. The lowest BCUT2D eigenvalue weighted by Gasteiger charge is -1.98. The molecule has 0 aliphatic carbocycles. The van der Waals surface area contributed by atoms with Crippen LogP contribution in [0.1, 0.15) is 0 Å². The van der Waals surface area contributed by atoms with Crippen LogP contribution in [-0.4, -0.2) is 11.2 Å². The molecule has 1 N–H and O–H groups in total. The van der Waals surface area contributed by atoms with Crippen molar-refractivity contribution in [3.63, 3.8) is 0 Å². The van der Waals surface area contributed by atoms with Crippen molar-refractivity contribution in [1.82, 2.24) is 4.98 Å². The molecule has 0 amide bonds. The number of nitrogens with one attached hydrogen (secondary N) is 1. The molecule has 0 aliphatic rings. The summed E-state index contributed by atoms with van der Waals surface area (Å²) in [5.41, 5.74) is -0.0230. The number of hydrogen-bond acceptors (Lipinski definition) is 2. The van der Waals surface area contributed by atoms with E-state index in [1.165, 1.54) is 4.90 Å². The Hall–Kier alpha value is -1.22. The highest BCUT2D eigenvalue weighted by atomic mass is 32.2. The second-order valence-electron chi connectivity index (χ2n) is 2.76. The second-order valence-corrected chi connectivity index (χ2v) is 3.64. The van der Waals surface area contributed by atoms with Gasteiger partial charge >= 0.3 is 0 Å². The zero-order valence-corrected chi connectivity index (χ0v) is 8.02. The highest BCUT2D eigenvalue weighted by Crippen LogP contribution is 2.18. The van der Waals surface area contributed by atoms with Gasteiger partial charge in [0.15, 0.2) is 0 Å². The lowest BCUT2D eigenvalue weighted by atomic mass is 10.2. The van der Waals surface area contributed by atoms with Crippen molar-refractivity contribution in [3.8, 4) is 0 Å². The molecule has 0 unspecified atom stereocenters. The molecular formula is C10H9NOS. The van der Waals surface area contributed by atoms with Gasteiger partial charge in [-0.25, -0.2) is 0 Å². The molecule has 2 nitrogen and oxygen atoms in total. The number of fused-ring (bicyclic) bond motifs is 1. The molecule has 0 atom stereocenters. The fourth-order valence-corrected chi connectivity index (χ4v) is 1.75. The van der Waals surface area contributed by atoms with E-state index >= 15 is 0 Å². The van der Waals surface area contributed by atoms with E-state index in [2.05, 4.69) is 4.98 Å². The van der Waals surface area contributed by atoms with Crippen LogP contribution in [-0.2, 0) is 0 Å². The first-order valence-corrected chi connectivity index (χ1v) is 5.19. The quantitative estimate of drug-likeness (QED) is 0.701. The largest absolute Gasteiger partial charge is 0.329 e. The van der Waals surface area contributed by atoms with Gasteiger partial charge in [0.1, 0.15) is 0 Å². The third-order valence-corrected chi connectivity index (χ3v) is 2.71. The molecule has 1 aromatic carbocycles. The number of thioether (sulfide) groups is 1. The van der Waals surface area contributed by atoms with E-state index in [0.717, 1.165) is 10.8 Å². The predicted octanol–water partition coefficient (Wildman–Crippen LogP) is 2.25. The summed E-state index contributed by atoms with van der Waals surface area (Å²) in [7, 11) is 0. The minimum Gasteiger partial charge on any atom is -0.329 e. The number of pyridine rings is 1. The average Bonchev–Trinajstić information content (AvgIpc) is 2.18. The Kier molecular flexibility index (Phi) is 2.10. The van der Waals surface area contributed by atoms with Crippen LogP contribution in [0.5, 0.6) is 0 Å². The molecule has 0 aliphatic heterocycles. The van der Waals surface area contributed by atoms with Crippen molar-refractivity contribution in [3.05, 3.63) is 40.8 Å². The second kappa shape index (κ2) is 3.26. The minimum absolute atomic E-state index is 0.0230. The molecule has 0 fully saturated rings. The van der Waals surface area contributed by atoms with Crippen LogP contribution >= 0.6 is 11.8 Å². The van der Waals surface area contributed by atoms with E-state index in [1.54, 1.807) is 18.0 Å². The smallest absolute Gasteiger partial charge is 0.255 e. The van der Waals surface area contributed by atoms with E-state index in [1.807, 2.05) is 30.5 Å². The number of aromatic nitrogens is 1. The maximum atomic E-state index is 11.3. The summed E-state index contributed by atoms with van der Waals surface area (Å²) in [5.74, 6) is 0. The van der Waals surface area contributed by atoms with Crippen molar-refractivity contribution >= 4 is 22.5 Å². The first kappa shape index (κ1) is 8.38. The summed E-state index contributed by atoms with van der Waals surface area (Å²) in [6, 6.07) is 7.76. The molecule has 66 valence electrons. The number of rotatable bonds is 1. The van der Waals surface area contributed by atoms with E-state index in [4.69, 9.17) is 0 Å². The summed E-state index contributed by atoms with van der Waals surface area (Å²) < 4.78 is 0. The Morgan fingerprint density at radius 1 is 1.31 bits per heavy atom. The summed E-state index contributed by atoms with van der Waals surface area (Å²) in [5, 5.41) is 1.75. The number of H-pyrrole nitrogens is 1. The molecule has 2 rings (SSSR count). The first-order valence-electron chi connectivity index (χ1n) is 3.97. The van der Waals surface area contributed by atoms with E-state index in [9.17, 15) is 4.79 Å². The molecule has 1 heterocycles. The van der Waals surface area contributed by atoms with Gasteiger partial charge in [0.2, 0.25) is 0 Å². The van der Waals surface area contributed by atoms with Crippen LogP contribution in [0.25, 0.3) is 10.8 Å². The Morgan fingerprint density at radius 3 is 2.92 bits per heavy atom. The molecule has 0 spiro atoms. The van der Waals surface area contributed by atoms with Crippen LogP contribution in [0, 0.1) is 0 Å². The van der Waals surface area contributed by atoms with Gasteiger partial charge in [0, 0.05) is 16.5 Å². The van der Waals surface area contributed by atoms with Gasteiger partial charge < -0.3 is 4.98 Å². The molecule has 3 heteroatoms. The van der Waals surface area contributed by atoms with Crippen LogP contribution in [0.4, 0.5) is 0 Å². The third kappa shape index (κ3) is 1.47. The Labute approximate surface area is 80.0 Å². The highest BCUT2D eigenvalue weighted by Gasteiger charge is 1.97. The SMILES string of the molecule is CSc1ccc2c(=O)[nH]ccc2c1. The van der Waals surface area contributed by atoms with Gasteiger partial charge in [-0.15, -0.1) is 11.8 Å². The van der Waals surface area contributed by atoms with Crippen molar-refractivity contribution in [2.75, 3.05) is 6.26 Å². The summed E-state index contributed by atoms with van der Waals surface area (Å²) in [4.78, 5) is 15.1. The zero-order valence-electron chi connectivity index (χ0n) is 7.20. The van der Waals surface area contributed by atoms with E-state index < -0.39 is 0 Å². The van der Waals surface area contributed by atoms with Crippen LogP contribution in [0.3, 0.4) is 0 Å². The fourth-order valence-electron chi connectivity index (χ4n) is 1.30. The molecule has 0 radical (unpaired) electrons. The summed E-state index contributed by atoms with van der Waals surface area (Å²) >= 11 is 1.68. The molecule has 0 saturated carbocycles. The molecule has 2 aromatic rings. The molecular weight excluding hydrogens is 182 g/mol. The van der Waals surface area contributed by atoms with E-state index in [0.29, 0.717) is 0 Å². The topological polar surface area (TPSA) is 32.9 Å². The molecule has 0 bridgehead atoms. The van der Waals surface area contributed by atoms with Gasteiger partial charge in [0.05, 0.1) is 0 Å². The van der Waals surface area contributed by atoms with Crippen molar-refractivity contribution in [2.24, 2.45) is 0 Å². The van der Waals surface area contributed by atoms with Crippen molar-refractivity contribution < 1.29 is 0 Å². The van der Waals surface area contributed by atoms with Gasteiger partial charge in [-0.1, -0.05) is 0 Å². The first-order chi connectivity index (χ1) is 6.31. The lowest BCUT2D eigenvalue weighted by molar-refractivity contribution is 1.27. The average molecular weight is 191 g/mol. The summed E-state index contributed by atoms with van der Waals surface area (Å²) in [6.45, 7) is 0. The van der Waals surface area contributed by atoms with Crippen LogP contribution in [0.2, 0.25) is 0 Å². The standard InChI is InChI=1S/C10H9NOS/c1-13-8-2-3-9-7(6-8)4-5-11-10(9)12/h2-6H,1H3,(H,11,12). The monoisotopic (exact) mass is 191 g/mol. The molecule has 0 saturated heterocycles. The third-order valence-electron chi connectivity index (χ3n) is 1.98. The van der Waals surface area contributed by atoms with E-state index in [-0.39, 0.29) is 5.56 Å². The van der Waals surface area contributed by atoms with Crippen LogP contribution in [0.15, 0.2) is 40.2 Å². The minimum atomic E-state index is -0.0230. The zero-order chi connectivity index (χ0) is 9.26. The lowest BCUT2D eigenvalue weighted by Crippen LogP contribution is -2.03. The van der Waals surface area contributed by atoms with Gasteiger partial charge in [-0.3, -0.25) is 4.79 Å². The van der Waals surface area contributed by atoms with Gasteiger partial charge in [-0.2, -0.15) is 0 Å². The Morgan fingerprint density at radius 2 is 2.15 bits per heavy atom.